The summed E-state index contributed by atoms with van der Waals surface area (Å²) < 4.78 is 20.7. The van der Waals surface area contributed by atoms with Gasteiger partial charge in [-0.15, -0.1) is 0 Å². The molecule has 0 spiro atoms. The molecule has 0 radical (unpaired) electrons. The molecule has 6 heteroatoms. The fourth-order valence-electron chi connectivity index (χ4n) is 3.90. The zero-order chi connectivity index (χ0) is 25.5. The normalized spacial score (nSPS) is 11.2. The lowest BCUT2D eigenvalue weighted by Crippen LogP contribution is -2.19. The number of ether oxygens (including phenoxy) is 4. The van der Waals surface area contributed by atoms with E-state index in [1.807, 2.05) is 24.3 Å². The molecule has 0 bridgehead atoms. The van der Waals surface area contributed by atoms with Gasteiger partial charge in [-0.3, -0.25) is 4.79 Å². The van der Waals surface area contributed by atoms with Gasteiger partial charge in [0.2, 0.25) is 0 Å². The van der Waals surface area contributed by atoms with Crippen molar-refractivity contribution in [3.05, 3.63) is 59.7 Å². The van der Waals surface area contributed by atoms with Gasteiger partial charge in [0.25, 0.3) is 0 Å². The van der Waals surface area contributed by atoms with Gasteiger partial charge in [0, 0.05) is 26.1 Å². The van der Waals surface area contributed by atoms with Crippen molar-refractivity contribution in [2.45, 2.75) is 77.6 Å². The van der Waals surface area contributed by atoms with Crippen LogP contribution in [0.5, 0.6) is 11.5 Å². The minimum atomic E-state index is -0.670. The van der Waals surface area contributed by atoms with E-state index in [2.05, 4.69) is 13.8 Å². The zero-order valence-electron chi connectivity index (χ0n) is 21.6. The Kier molecular flexibility index (Phi) is 12.3. The van der Waals surface area contributed by atoms with E-state index < -0.39 is 6.16 Å². The minimum Gasteiger partial charge on any atom is -0.434 e. The van der Waals surface area contributed by atoms with E-state index in [0.717, 1.165) is 43.4 Å². The summed E-state index contributed by atoms with van der Waals surface area (Å²) in [7, 11) is 1.74. The molecule has 2 aromatic carbocycles. The number of rotatable bonds is 15. The summed E-state index contributed by atoms with van der Waals surface area (Å²) in [4.78, 5) is 23.1. The van der Waals surface area contributed by atoms with Crippen LogP contribution in [0.15, 0.2) is 48.5 Å². The standard InChI is InChI=1S/C29H40O6/c1-23(30)34-26-17-13-24(14-18-26)29(2,3)25-15-19-27(20-16-25)35-28(31)33-22-12-10-8-6-5-7-9-11-21-32-4/h13-20H,5-12,21-22H2,1-4H3. The molecule has 0 aromatic heterocycles. The van der Waals surface area contributed by atoms with Crippen molar-refractivity contribution in [3.8, 4) is 11.5 Å². The maximum atomic E-state index is 12.0. The lowest BCUT2D eigenvalue weighted by atomic mass is 9.78. The summed E-state index contributed by atoms with van der Waals surface area (Å²) in [6.45, 7) is 6.83. The van der Waals surface area contributed by atoms with E-state index in [1.165, 1.54) is 32.6 Å². The topological polar surface area (TPSA) is 71.1 Å². The van der Waals surface area contributed by atoms with Crippen molar-refractivity contribution >= 4 is 12.1 Å². The number of unbranched alkanes of at least 4 members (excludes halogenated alkanes) is 7. The van der Waals surface area contributed by atoms with Gasteiger partial charge in [0.1, 0.15) is 11.5 Å². The van der Waals surface area contributed by atoms with Crippen LogP contribution in [0.2, 0.25) is 0 Å². The second kappa shape index (κ2) is 15.2. The molecule has 0 saturated heterocycles. The average Bonchev–Trinajstić information content (AvgIpc) is 2.83. The molecule has 0 atom stereocenters. The van der Waals surface area contributed by atoms with Crippen molar-refractivity contribution < 1.29 is 28.5 Å². The third-order valence-corrected chi connectivity index (χ3v) is 6.08. The molecular formula is C29H40O6. The van der Waals surface area contributed by atoms with Crippen LogP contribution in [0.4, 0.5) is 4.79 Å². The number of carbonyl (C=O) groups excluding carboxylic acids is 2. The maximum Gasteiger partial charge on any atom is 0.513 e. The number of carbonyl (C=O) groups is 2. The van der Waals surface area contributed by atoms with Crippen LogP contribution in [0, 0.1) is 0 Å². The fourth-order valence-corrected chi connectivity index (χ4v) is 3.90. The Bertz CT molecular complexity index is 886. The van der Waals surface area contributed by atoms with Crippen molar-refractivity contribution in [1.82, 2.24) is 0 Å². The molecule has 2 rings (SSSR count). The van der Waals surface area contributed by atoms with Crippen molar-refractivity contribution in [2.75, 3.05) is 20.3 Å². The Morgan fingerprint density at radius 1 is 0.657 bits per heavy atom. The first kappa shape index (κ1) is 28.4. The Morgan fingerprint density at radius 2 is 1.09 bits per heavy atom. The molecule has 192 valence electrons. The summed E-state index contributed by atoms with van der Waals surface area (Å²) in [5.74, 6) is 0.632. The molecule has 0 aliphatic carbocycles. The smallest absolute Gasteiger partial charge is 0.434 e. The molecule has 0 unspecified atom stereocenters. The number of hydrogen-bond donors (Lipinski definition) is 0. The molecular weight excluding hydrogens is 444 g/mol. The molecule has 0 fully saturated rings. The van der Waals surface area contributed by atoms with Crippen LogP contribution in [0.1, 0.15) is 83.3 Å². The highest BCUT2D eigenvalue weighted by Crippen LogP contribution is 2.33. The quantitative estimate of drug-likeness (QED) is 0.115. The van der Waals surface area contributed by atoms with E-state index >= 15 is 0 Å². The predicted molar refractivity (Wildman–Crippen MR) is 137 cm³/mol. The molecule has 0 aliphatic rings. The Morgan fingerprint density at radius 3 is 1.54 bits per heavy atom. The summed E-state index contributed by atoms with van der Waals surface area (Å²) in [6, 6.07) is 14.9. The van der Waals surface area contributed by atoms with Crippen LogP contribution in [-0.2, 0) is 19.7 Å². The van der Waals surface area contributed by atoms with Gasteiger partial charge in [-0.2, -0.15) is 0 Å². The third kappa shape index (κ3) is 10.5. The van der Waals surface area contributed by atoms with Gasteiger partial charge in [-0.05, 0) is 48.2 Å². The van der Waals surface area contributed by atoms with Gasteiger partial charge >= 0.3 is 12.1 Å². The van der Waals surface area contributed by atoms with E-state index in [1.54, 1.807) is 31.4 Å². The number of esters is 1. The van der Waals surface area contributed by atoms with E-state index in [4.69, 9.17) is 18.9 Å². The highest BCUT2D eigenvalue weighted by Gasteiger charge is 2.23. The predicted octanol–water partition coefficient (Wildman–Crippen LogP) is 7.22. The van der Waals surface area contributed by atoms with E-state index in [0.29, 0.717) is 18.1 Å². The average molecular weight is 485 g/mol. The first-order valence-corrected chi connectivity index (χ1v) is 12.6. The highest BCUT2D eigenvalue weighted by atomic mass is 16.7. The Hall–Kier alpha value is -2.86. The zero-order valence-corrected chi connectivity index (χ0v) is 21.6. The SMILES string of the molecule is COCCCCCCCCCCOC(=O)Oc1ccc(C(C)(C)c2ccc(OC(C)=O)cc2)cc1. The molecule has 6 nitrogen and oxygen atoms in total. The van der Waals surface area contributed by atoms with Gasteiger partial charge in [0.15, 0.2) is 0 Å². The molecule has 0 amide bonds. The van der Waals surface area contributed by atoms with Crippen LogP contribution >= 0.6 is 0 Å². The molecule has 0 saturated carbocycles. The number of methoxy groups -OCH3 is 1. The lowest BCUT2D eigenvalue weighted by molar-refractivity contribution is -0.131. The third-order valence-electron chi connectivity index (χ3n) is 6.08. The van der Waals surface area contributed by atoms with Gasteiger partial charge in [-0.25, -0.2) is 4.79 Å². The monoisotopic (exact) mass is 484 g/mol. The van der Waals surface area contributed by atoms with Crippen LogP contribution < -0.4 is 9.47 Å². The van der Waals surface area contributed by atoms with Crippen LogP contribution in [0.25, 0.3) is 0 Å². The molecule has 0 N–H and O–H groups in total. The first-order chi connectivity index (χ1) is 16.8. The Labute approximate surface area is 209 Å². The minimum absolute atomic E-state index is 0.280. The lowest BCUT2D eigenvalue weighted by Gasteiger charge is -2.26. The largest absolute Gasteiger partial charge is 0.513 e. The van der Waals surface area contributed by atoms with E-state index in [-0.39, 0.29) is 11.4 Å². The molecule has 0 aliphatic heterocycles. The summed E-state index contributed by atoms with van der Waals surface area (Å²) in [6.07, 6.45) is 8.48. The number of benzene rings is 2. The van der Waals surface area contributed by atoms with Gasteiger partial charge < -0.3 is 18.9 Å². The first-order valence-electron chi connectivity index (χ1n) is 12.6. The second-order valence-electron chi connectivity index (χ2n) is 9.29. The van der Waals surface area contributed by atoms with Crippen LogP contribution in [0.3, 0.4) is 0 Å². The maximum absolute atomic E-state index is 12.0. The van der Waals surface area contributed by atoms with Gasteiger partial charge in [0.05, 0.1) is 6.61 Å². The molecule has 35 heavy (non-hydrogen) atoms. The molecule has 0 heterocycles. The van der Waals surface area contributed by atoms with E-state index in [9.17, 15) is 9.59 Å². The van der Waals surface area contributed by atoms with Crippen molar-refractivity contribution in [2.24, 2.45) is 0 Å². The summed E-state index contributed by atoms with van der Waals surface area (Å²) in [5.41, 5.74) is 1.86. The van der Waals surface area contributed by atoms with Crippen molar-refractivity contribution in [1.29, 1.82) is 0 Å². The highest BCUT2D eigenvalue weighted by molar-refractivity contribution is 5.69. The van der Waals surface area contributed by atoms with Gasteiger partial charge in [-0.1, -0.05) is 76.6 Å². The molecule has 2 aromatic rings. The van der Waals surface area contributed by atoms with Crippen LogP contribution in [-0.4, -0.2) is 32.4 Å². The van der Waals surface area contributed by atoms with Crippen molar-refractivity contribution in [3.63, 3.8) is 0 Å². The summed E-state index contributed by atoms with van der Waals surface area (Å²) >= 11 is 0. The fraction of sp³-hybridized carbons (Fsp3) is 0.517. The summed E-state index contributed by atoms with van der Waals surface area (Å²) in [5, 5.41) is 0. The second-order valence-corrected chi connectivity index (χ2v) is 9.29. The Balaban J connectivity index is 1.69. The number of hydrogen-bond acceptors (Lipinski definition) is 6.